The molecule has 1 N–H and O–H groups in total. The molecule has 2 nitrogen and oxygen atoms in total. The zero-order valence-corrected chi connectivity index (χ0v) is 11.8. The highest BCUT2D eigenvalue weighted by atomic mass is 32.1. The molecule has 0 rings (SSSR count). The molecule has 0 radical (unpaired) electrons. The predicted molar refractivity (Wildman–Crippen MR) is 70.1 cm³/mol. The van der Waals surface area contributed by atoms with E-state index in [1.54, 1.807) is 0 Å². The van der Waals surface area contributed by atoms with Crippen LogP contribution in [0.3, 0.4) is 0 Å². The lowest BCUT2D eigenvalue weighted by atomic mass is 9.86. The van der Waals surface area contributed by atoms with Crippen LogP contribution in [-0.2, 0) is 4.74 Å². The molecular formula is C12H25NOS. The Morgan fingerprint density at radius 1 is 1.13 bits per heavy atom. The smallest absolute Gasteiger partial charge is 0.257 e. The van der Waals surface area contributed by atoms with E-state index in [1.165, 1.54) is 0 Å². The van der Waals surface area contributed by atoms with Gasteiger partial charge in [0.2, 0.25) is 0 Å². The van der Waals surface area contributed by atoms with Crippen LogP contribution in [0.5, 0.6) is 0 Å². The average Bonchev–Trinajstić information content (AvgIpc) is 1.99. The van der Waals surface area contributed by atoms with Crippen LogP contribution >= 0.6 is 12.2 Å². The molecule has 0 fully saturated rings. The van der Waals surface area contributed by atoms with Crippen molar-refractivity contribution in [3.63, 3.8) is 0 Å². The highest BCUT2D eigenvalue weighted by Gasteiger charge is 2.23. The second-order valence-corrected chi connectivity index (χ2v) is 6.11. The van der Waals surface area contributed by atoms with Gasteiger partial charge in [-0.2, -0.15) is 0 Å². The molecule has 0 aliphatic heterocycles. The molecule has 15 heavy (non-hydrogen) atoms. The third-order valence-corrected chi connectivity index (χ3v) is 2.39. The van der Waals surface area contributed by atoms with Gasteiger partial charge in [-0.25, -0.2) is 0 Å². The van der Waals surface area contributed by atoms with Crippen molar-refractivity contribution in [2.45, 2.75) is 60.0 Å². The molecule has 0 saturated heterocycles. The zero-order valence-electron chi connectivity index (χ0n) is 10.9. The van der Waals surface area contributed by atoms with Gasteiger partial charge in [0.25, 0.3) is 5.17 Å². The summed E-state index contributed by atoms with van der Waals surface area (Å²) in [5, 5.41) is 3.52. The largest absolute Gasteiger partial charge is 0.465 e. The summed E-state index contributed by atoms with van der Waals surface area (Å²) in [5.41, 5.74) is 0.174. The summed E-state index contributed by atoms with van der Waals surface area (Å²) in [4.78, 5) is 0. The quantitative estimate of drug-likeness (QED) is 0.748. The van der Waals surface area contributed by atoms with Crippen LogP contribution in [0.4, 0.5) is 0 Å². The SMILES string of the molecule is CCNC(=S)OC(C)(C)CCC(C)(C)C. The van der Waals surface area contributed by atoms with Crippen molar-refractivity contribution < 1.29 is 4.74 Å². The molecule has 0 aliphatic carbocycles. The summed E-state index contributed by atoms with van der Waals surface area (Å²) < 4.78 is 5.69. The van der Waals surface area contributed by atoms with Gasteiger partial charge in [0.1, 0.15) is 5.60 Å². The van der Waals surface area contributed by atoms with E-state index in [9.17, 15) is 0 Å². The van der Waals surface area contributed by atoms with E-state index in [0.717, 1.165) is 19.4 Å². The maximum Gasteiger partial charge on any atom is 0.257 e. The van der Waals surface area contributed by atoms with Gasteiger partial charge in [0.05, 0.1) is 0 Å². The Bertz CT molecular complexity index is 206. The Kier molecular flexibility index (Phi) is 5.57. The van der Waals surface area contributed by atoms with Crippen molar-refractivity contribution in [3.05, 3.63) is 0 Å². The lowest BCUT2D eigenvalue weighted by Crippen LogP contribution is -2.35. The molecule has 0 bridgehead atoms. The van der Waals surface area contributed by atoms with E-state index in [4.69, 9.17) is 17.0 Å². The minimum Gasteiger partial charge on any atom is -0.465 e. The third-order valence-electron chi connectivity index (χ3n) is 2.17. The average molecular weight is 231 g/mol. The predicted octanol–water partition coefficient (Wildman–Crippen LogP) is 3.50. The van der Waals surface area contributed by atoms with Crippen LogP contribution in [0, 0.1) is 5.41 Å². The van der Waals surface area contributed by atoms with Crippen LogP contribution in [0.15, 0.2) is 0 Å². The molecule has 0 spiro atoms. The molecule has 0 unspecified atom stereocenters. The Morgan fingerprint density at radius 2 is 1.67 bits per heavy atom. The fraction of sp³-hybridized carbons (Fsp3) is 0.917. The van der Waals surface area contributed by atoms with Crippen LogP contribution in [-0.4, -0.2) is 17.3 Å². The third kappa shape index (κ3) is 8.67. The first-order valence-corrected chi connectivity index (χ1v) is 6.04. The second-order valence-electron chi connectivity index (χ2n) is 5.74. The Hall–Kier alpha value is -0.310. The van der Waals surface area contributed by atoms with Crippen molar-refractivity contribution in [3.8, 4) is 0 Å². The van der Waals surface area contributed by atoms with Crippen molar-refractivity contribution in [1.29, 1.82) is 0 Å². The molecule has 0 aromatic carbocycles. The normalized spacial score (nSPS) is 12.4. The van der Waals surface area contributed by atoms with E-state index < -0.39 is 0 Å². The topological polar surface area (TPSA) is 21.3 Å². The van der Waals surface area contributed by atoms with Crippen molar-refractivity contribution in [2.75, 3.05) is 6.54 Å². The Morgan fingerprint density at radius 3 is 2.07 bits per heavy atom. The molecule has 3 heteroatoms. The zero-order chi connectivity index (χ0) is 12.1. The van der Waals surface area contributed by atoms with Crippen molar-refractivity contribution in [2.24, 2.45) is 5.41 Å². The second kappa shape index (κ2) is 5.69. The maximum absolute atomic E-state index is 5.69. The van der Waals surface area contributed by atoms with Gasteiger partial charge in [-0.3, -0.25) is 0 Å². The minimum atomic E-state index is -0.174. The van der Waals surface area contributed by atoms with E-state index in [0.29, 0.717) is 10.6 Å². The lowest BCUT2D eigenvalue weighted by molar-refractivity contribution is 0.0709. The standard InChI is InChI=1S/C12H25NOS/c1-7-13-10(15)14-12(5,6)9-8-11(2,3)4/h7-9H2,1-6H3,(H,13,15). The monoisotopic (exact) mass is 231 g/mol. The number of rotatable bonds is 4. The number of ether oxygens (including phenoxy) is 1. The van der Waals surface area contributed by atoms with Crippen molar-refractivity contribution >= 4 is 17.4 Å². The van der Waals surface area contributed by atoms with Gasteiger partial charge in [0.15, 0.2) is 0 Å². The van der Waals surface area contributed by atoms with Crippen LogP contribution in [0.2, 0.25) is 0 Å². The molecule has 0 aromatic heterocycles. The fourth-order valence-corrected chi connectivity index (χ4v) is 1.53. The summed E-state index contributed by atoms with van der Waals surface area (Å²) in [5.74, 6) is 0. The van der Waals surface area contributed by atoms with Gasteiger partial charge in [0, 0.05) is 6.54 Å². The molecule has 0 heterocycles. The maximum atomic E-state index is 5.69. The summed E-state index contributed by atoms with van der Waals surface area (Å²) in [6.07, 6.45) is 2.15. The Balaban J connectivity index is 4.02. The number of thiocarbonyl (C=S) groups is 1. The van der Waals surface area contributed by atoms with Crippen LogP contribution < -0.4 is 5.32 Å². The van der Waals surface area contributed by atoms with Crippen LogP contribution in [0.1, 0.15) is 54.4 Å². The highest BCUT2D eigenvalue weighted by Crippen LogP contribution is 2.27. The van der Waals surface area contributed by atoms with Gasteiger partial charge in [-0.15, -0.1) is 0 Å². The molecule has 0 amide bonds. The molecule has 0 atom stereocenters. The van der Waals surface area contributed by atoms with Gasteiger partial charge < -0.3 is 10.1 Å². The summed E-state index contributed by atoms with van der Waals surface area (Å²) in [6, 6.07) is 0. The highest BCUT2D eigenvalue weighted by molar-refractivity contribution is 7.80. The van der Waals surface area contributed by atoms with Gasteiger partial charge in [-0.1, -0.05) is 20.8 Å². The van der Waals surface area contributed by atoms with E-state index in [1.807, 2.05) is 6.92 Å². The molecule has 0 saturated carbocycles. The van der Waals surface area contributed by atoms with E-state index >= 15 is 0 Å². The van der Waals surface area contributed by atoms with E-state index in [2.05, 4.69) is 39.9 Å². The first-order valence-electron chi connectivity index (χ1n) is 5.63. The summed E-state index contributed by atoms with van der Waals surface area (Å²) >= 11 is 5.08. The first kappa shape index (κ1) is 14.7. The van der Waals surface area contributed by atoms with Crippen LogP contribution in [0.25, 0.3) is 0 Å². The number of hydrogen-bond donors (Lipinski definition) is 1. The summed E-state index contributed by atoms with van der Waals surface area (Å²) in [7, 11) is 0. The molecule has 0 aromatic rings. The Labute approximate surface area is 99.8 Å². The molecular weight excluding hydrogens is 206 g/mol. The molecule has 0 aliphatic rings. The van der Waals surface area contributed by atoms with E-state index in [-0.39, 0.29) is 5.60 Å². The lowest BCUT2D eigenvalue weighted by Gasteiger charge is -2.30. The van der Waals surface area contributed by atoms with Gasteiger partial charge >= 0.3 is 0 Å². The number of hydrogen-bond acceptors (Lipinski definition) is 2. The first-order chi connectivity index (χ1) is 6.66. The molecule has 90 valence electrons. The van der Waals surface area contributed by atoms with Crippen molar-refractivity contribution in [1.82, 2.24) is 5.32 Å². The minimum absolute atomic E-state index is 0.174. The fourth-order valence-electron chi connectivity index (χ4n) is 1.16. The van der Waals surface area contributed by atoms with Gasteiger partial charge in [-0.05, 0) is 51.2 Å². The summed E-state index contributed by atoms with van der Waals surface area (Å²) in [6.45, 7) is 13.7. The number of nitrogens with one attached hydrogen (secondary N) is 1.